The van der Waals surface area contributed by atoms with Crippen molar-refractivity contribution in [3.05, 3.63) is 23.0 Å². The van der Waals surface area contributed by atoms with Crippen LogP contribution in [0.3, 0.4) is 0 Å². The predicted octanol–water partition coefficient (Wildman–Crippen LogP) is 3.02. The van der Waals surface area contributed by atoms with Crippen LogP contribution in [0.5, 0.6) is 0 Å². The van der Waals surface area contributed by atoms with E-state index in [0.29, 0.717) is 23.7 Å². The summed E-state index contributed by atoms with van der Waals surface area (Å²) in [5, 5.41) is 8.57. The average Bonchev–Trinajstić information content (AvgIpc) is 3.34. The summed E-state index contributed by atoms with van der Waals surface area (Å²) < 4.78 is 5.55. The number of fused-ring (bicyclic) bond motifs is 3. The van der Waals surface area contributed by atoms with E-state index in [1.807, 2.05) is 6.07 Å². The number of pyridine rings is 1. The van der Waals surface area contributed by atoms with E-state index in [4.69, 9.17) is 4.52 Å². The van der Waals surface area contributed by atoms with Crippen LogP contribution < -0.4 is 5.32 Å². The first-order chi connectivity index (χ1) is 12.8. The van der Waals surface area contributed by atoms with Crippen molar-refractivity contribution in [3.63, 3.8) is 0 Å². The topological polar surface area (TPSA) is 71.3 Å². The fourth-order valence-electron chi connectivity index (χ4n) is 4.65. The van der Waals surface area contributed by atoms with Crippen molar-refractivity contribution in [2.24, 2.45) is 0 Å². The van der Waals surface area contributed by atoms with Gasteiger partial charge in [0, 0.05) is 30.2 Å². The van der Waals surface area contributed by atoms with E-state index in [1.165, 1.54) is 0 Å². The number of hydrogen-bond donors (Lipinski definition) is 1. The smallest absolute Gasteiger partial charge is 0.259 e. The quantitative estimate of drug-likeness (QED) is 0.914. The second-order valence-corrected chi connectivity index (χ2v) is 8.02. The predicted molar refractivity (Wildman–Crippen MR) is 98.2 cm³/mol. The zero-order valence-corrected chi connectivity index (χ0v) is 15.3. The lowest BCUT2D eigenvalue weighted by atomic mass is 10.0. The van der Waals surface area contributed by atoms with Gasteiger partial charge in [0.1, 0.15) is 0 Å². The van der Waals surface area contributed by atoms with Crippen LogP contribution in [0, 0.1) is 0 Å². The number of carbonyl (C=O) groups excluding carboxylic acids is 1. The molecular formula is C20H26N4O2. The van der Waals surface area contributed by atoms with E-state index in [2.05, 4.69) is 27.3 Å². The molecule has 1 saturated carbocycles. The Kier molecular flexibility index (Phi) is 3.96. The molecule has 26 heavy (non-hydrogen) atoms. The molecule has 2 aliphatic heterocycles. The summed E-state index contributed by atoms with van der Waals surface area (Å²) in [7, 11) is 0. The minimum Gasteiger partial charge on any atom is -0.336 e. The van der Waals surface area contributed by atoms with Crippen LogP contribution in [-0.2, 0) is 6.42 Å². The molecule has 3 fully saturated rings. The molecule has 1 N–H and O–H groups in total. The zero-order chi connectivity index (χ0) is 17.7. The van der Waals surface area contributed by atoms with Gasteiger partial charge in [-0.1, -0.05) is 18.5 Å². The summed E-state index contributed by atoms with van der Waals surface area (Å²) in [6, 6.07) is 2.69. The molecule has 2 aromatic heterocycles. The Morgan fingerprint density at radius 1 is 1.27 bits per heavy atom. The van der Waals surface area contributed by atoms with Crippen molar-refractivity contribution in [1.29, 1.82) is 0 Å². The van der Waals surface area contributed by atoms with Crippen molar-refractivity contribution in [2.75, 3.05) is 13.1 Å². The highest BCUT2D eigenvalue weighted by molar-refractivity contribution is 6.06. The number of rotatable bonds is 4. The number of amides is 1. The average molecular weight is 354 g/mol. The second kappa shape index (κ2) is 6.34. The third-order valence-electron chi connectivity index (χ3n) is 6.14. The summed E-state index contributed by atoms with van der Waals surface area (Å²) in [5.74, 6) is 0.629. The van der Waals surface area contributed by atoms with Crippen molar-refractivity contribution in [2.45, 2.75) is 69.9 Å². The Hall–Kier alpha value is -1.95. The van der Waals surface area contributed by atoms with Gasteiger partial charge in [-0.2, -0.15) is 0 Å². The molecule has 138 valence electrons. The van der Waals surface area contributed by atoms with E-state index >= 15 is 0 Å². The molecule has 2 bridgehead atoms. The maximum Gasteiger partial charge on any atom is 0.259 e. The lowest BCUT2D eigenvalue weighted by Crippen LogP contribution is -2.42. The van der Waals surface area contributed by atoms with Gasteiger partial charge in [-0.25, -0.2) is 4.98 Å². The lowest BCUT2D eigenvalue weighted by Gasteiger charge is -2.28. The highest BCUT2D eigenvalue weighted by Gasteiger charge is 2.40. The molecule has 6 nitrogen and oxygen atoms in total. The molecule has 0 spiro atoms. The van der Waals surface area contributed by atoms with Crippen LogP contribution in [-0.4, -0.2) is 46.1 Å². The number of nitrogens with zero attached hydrogens (tertiary/aromatic N) is 3. The minimum absolute atomic E-state index is 0.149. The lowest BCUT2D eigenvalue weighted by molar-refractivity contribution is 0.0682. The largest absolute Gasteiger partial charge is 0.336 e. The number of aromatic nitrogens is 2. The summed E-state index contributed by atoms with van der Waals surface area (Å²) in [6.07, 6.45) is 7.34. The number of hydrogen-bond acceptors (Lipinski definition) is 5. The zero-order valence-electron chi connectivity index (χ0n) is 15.3. The summed E-state index contributed by atoms with van der Waals surface area (Å²) in [4.78, 5) is 20.5. The van der Waals surface area contributed by atoms with Gasteiger partial charge in [-0.05, 0) is 51.1 Å². The van der Waals surface area contributed by atoms with Crippen LogP contribution in [0.25, 0.3) is 11.1 Å². The van der Waals surface area contributed by atoms with Gasteiger partial charge in [0.25, 0.3) is 11.6 Å². The molecule has 1 aliphatic carbocycles. The first-order valence-electron chi connectivity index (χ1n) is 10.1. The Morgan fingerprint density at radius 2 is 2.12 bits per heavy atom. The molecule has 1 amide bonds. The van der Waals surface area contributed by atoms with Crippen LogP contribution in [0.1, 0.15) is 73.1 Å². The van der Waals surface area contributed by atoms with Gasteiger partial charge in [-0.15, -0.1) is 0 Å². The van der Waals surface area contributed by atoms with Crippen LogP contribution >= 0.6 is 0 Å². The van der Waals surface area contributed by atoms with Gasteiger partial charge >= 0.3 is 0 Å². The fourth-order valence-corrected chi connectivity index (χ4v) is 4.65. The van der Waals surface area contributed by atoms with Crippen LogP contribution in [0.2, 0.25) is 0 Å². The fraction of sp³-hybridized carbons (Fsp3) is 0.650. The first kappa shape index (κ1) is 16.2. The van der Waals surface area contributed by atoms with Crippen molar-refractivity contribution in [1.82, 2.24) is 20.4 Å². The maximum absolute atomic E-state index is 13.7. The molecule has 2 saturated heterocycles. The van der Waals surface area contributed by atoms with E-state index in [1.54, 1.807) is 0 Å². The normalized spacial score (nSPS) is 25.7. The minimum atomic E-state index is 0.149. The van der Waals surface area contributed by atoms with Gasteiger partial charge in [0.2, 0.25) is 0 Å². The number of nitrogens with one attached hydrogen (secondary N) is 1. The van der Waals surface area contributed by atoms with Crippen molar-refractivity contribution >= 4 is 17.0 Å². The molecule has 0 radical (unpaired) electrons. The molecule has 3 aliphatic rings. The molecule has 4 heterocycles. The Morgan fingerprint density at radius 3 is 2.92 bits per heavy atom. The Bertz CT molecular complexity index is 828. The monoisotopic (exact) mass is 354 g/mol. The molecule has 0 aromatic carbocycles. The van der Waals surface area contributed by atoms with Crippen molar-refractivity contribution < 1.29 is 9.32 Å². The highest BCUT2D eigenvalue weighted by Crippen LogP contribution is 2.41. The van der Waals surface area contributed by atoms with Gasteiger partial charge < -0.3 is 14.7 Å². The van der Waals surface area contributed by atoms with Crippen LogP contribution in [0.15, 0.2) is 10.6 Å². The third-order valence-corrected chi connectivity index (χ3v) is 6.14. The van der Waals surface area contributed by atoms with E-state index in [-0.39, 0.29) is 5.91 Å². The number of aryl methyl sites for hydroxylation is 1. The Labute approximate surface area is 153 Å². The number of carbonyl (C=O) groups is 1. The van der Waals surface area contributed by atoms with Gasteiger partial charge in [0.15, 0.2) is 0 Å². The van der Waals surface area contributed by atoms with E-state index < -0.39 is 0 Å². The summed E-state index contributed by atoms with van der Waals surface area (Å²) in [5.41, 5.74) is 3.18. The van der Waals surface area contributed by atoms with Gasteiger partial charge in [-0.3, -0.25) is 4.79 Å². The molecule has 5 rings (SSSR count). The van der Waals surface area contributed by atoms with Gasteiger partial charge in [0.05, 0.1) is 16.6 Å². The van der Waals surface area contributed by atoms with E-state index in [0.717, 1.165) is 80.4 Å². The molecule has 6 heteroatoms. The Balaban J connectivity index is 1.62. The second-order valence-electron chi connectivity index (χ2n) is 8.02. The SMILES string of the molecule is CCCc1noc2nc(C3CC3)cc(C(=O)N3C4CCNCC3CC4)c12. The molecule has 2 aromatic rings. The van der Waals surface area contributed by atoms with E-state index in [9.17, 15) is 4.79 Å². The van der Waals surface area contributed by atoms with Crippen molar-refractivity contribution in [3.8, 4) is 0 Å². The standard InChI is InChI=1S/C20H26N4O2/c1-2-3-16-18-15(10-17(12-4-5-12)22-19(18)26-23-16)20(25)24-13-6-7-14(24)11-21-9-8-13/h10,12-14,21H,2-9,11H2,1H3. The summed E-state index contributed by atoms with van der Waals surface area (Å²) >= 11 is 0. The first-order valence-corrected chi connectivity index (χ1v) is 10.1. The molecular weight excluding hydrogens is 328 g/mol. The third kappa shape index (κ3) is 2.62. The highest BCUT2D eigenvalue weighted by atomic mass is 16.5. The molecule has 2 atom stereocenters. The maximum atomic E-state index is 13.7. The van der Waals surface area contributed by atoms with Crippen LogP contribution in [0.4, 0.5) is 0 Å². The summed E-state index contributed by atoms with van der Waals surface area (Å²) in [6.45, 7) is 4.02. The molecule has 2 unspecified atom stereocenters.